The second-order valence-electron chi connectivity index (χ2n) is 22.0. The highest BCUT2D eigenvalue weighted by Crippen LogP contribution is 2.17. The van der Waals surface area contributed by atoms with Crippen molar-refractivity contribution in [2.75, 3.05) is 13.2 Å². The minimum Gasteiger partial charge on any atom is -0.462 e. The molecule has 456 valence electrons. The number of carbonyl (C=O) groups is 3. The van der Waals surface area contributed by atoms with Gasteiger partial charge in [-0.15, -0.1) is 0 Å². The first kappa shape index (κ1) is 75.8. The molecule has 0 aromatic rings. The number of hydrogen-bond acceptors (Lipinski definition) is 6. The summed E-state index contributed by atoms with van der Waals surface area (Å²) in [5, 5.41) is 0. The Labute approximate surface area is 494 Å². The third-order valence-corrected chi connectivity index (χ3v) is 14.2. The SMILES string of the molecule is CC/C=C\C/C=C\C/C=C\C/C=C\C/C=C\CCCCCCCCCCCCCCCCCCCCCC(=O)OCC(COC(=O)CCCCCCC/C=C\CCC)OC(=O)CCCCCC/C=C\C/C=C\C/C=C\C/C=C\CC. The zero-order chi connectivity index (χ0) is 57.8. The van der Waals surface area contributed by atoms with Crippen LogP contribution < -0.4 is 0 Å². The van der Waals surface area contributed by atoms with Crippen LogP contribution in [0.2, 0.25) is 0 Å². The zero-order valence-electron chi connectivity index (χ0n) is 52.3. The Morgan fingerprint density at radius 1 is 0.263 bits per heavy atom. The molecule has 1 atom stereocenters. The van der Waals surface area contributed by atoms with E-state index in [4.69, 9.17) is 14.2 Å². The van der Waals surface area contributed by atoms with Gasteiger partial charge >= 0.3 is 17.9 Å². The maximum absolute atomic E-state index is 12.9. The first-order valence-corrected chi connectivity index (χ1v) is 33.5. The maximum Gasteiger partial charge on any atom is 0.306 e. The second-order valence-corrected chi connectivity index (χ2v) is 22.0. The summed E-state index contributed by atoms with van der Waals surface area (Å²) in [5.74, 6) is -0.918. The molecular formula is C74H124O6. The fourth-order valence-electron chi connectivity index (χ4n) is 9.23. The third kappa shape index (κ3) is 64.6. The van der Waals surface area contributed by atoms with E-state index in [0.29, 0.717) is 19.3 Å². The van der Waals surface area contributed by atoms with E-state index in [0.717, 1.165) is 148 Å². The van der Waals surface area contributed by atoms with Crippen LogP contribution >= 0.6 is 0 Å². The Morgan fingerprint density at radius 2 is 0.487 bits per heavy atom. The number of rotatable bonds is 60. The zero-order valence-corrected chi connectivity index (χ0v) is 52.3. The molecule has 0 rings (SSSR count). The highest BCUT2D eigenvalue weighted by molar-refractivity contribution is 5.71. The van der Waals surface area contributed by atoms with E-state index < -0.39 is 6.10 Å². The summed E-state index contributed by atoms with van der Waals surface area (Å²) in [4.78, 5) is 38.2. The number of unbranched alkanes of at least 4 members (excludes halogenated alkanes) is 29. The van der Waals surface area contributed by atoms with Crippen molar-refractivity contribution in [3.63, 3.8) is 0 Å². The number of hydrogen-bond donors (Lipinski definition) is 0. The van der Waals surface area contributed by atoms with Crippen molar-refractivity contribution in [3.05, 3.63) is 122 Å². The number of ether oxygens (including phenoxy) is 3. The monoisotopic (exact) mass is 1110 g/mol. The minimum absolute atomic E-state index is 0.0896. The van der Waals surface area contributed by atoms with Gasteiger partial charge in [0.2, 0.25) is 0 Å². The lowest BCUT2D eigenvalue weighted by atomic mass is 10.0. The average molecular weight is 1110 g/mol. The van der Waals surface area contributed by atoms with Crippen LogP contribution in [-0.4, -0.2) is 37.2 Å². The third-order valence-electron chi connectivity index (χ3n) is 14.2. The number of esters is 3. The van der Waals surface area contributed by atoms with Gasteiger partial charge in [-0.25, -0.2) is 0 Å². The topological polar surface area (TPSA) is 78.9 Å². The Kier molecular flexibility index (Phi) is 63.8. The molecule has 1 unspecified atom stereocenters. The van der Waals surface area contributed by atoms with Gasteiger partial charge in [0.25, 0.3) is 0 Å². The summed E-state index contributed by atoms with van der Waals surface area (Å²) in [6.45, 7) is 6.34. The van der Waals surface area contributed by atoms with Crippen LogP contribution in [0.5, 0.6) is 0 Å². The molecule has 0 aliphatic rings. The average Bonchev–Trinajstić information content (AvgIpc) is 3.46. The Morgan fingerprint density at radius 3 is 0.775 bits per heavy atom. The van der Waals surface area contributed by atoms with Gasteiger partial charge in [-0.2, -0.15) is 0 Å². The fraction of sp³-hybridized carbons (Fsp3) is 0.689. The summed E-state index contributed by atoms with van der Waals surface area (Å²) >= 11 is 0. The Hall–Kier alpha value is -4.19. The minimum atomic E-state index is -0.795. The molecule has 0 aromatic heterocycles. The summed E-state index contributed by atoms with van der Waals surface area (Å²) < 4.78 is 16.9. The summed E-state index contributed by atoms with van der Waals surface area (Å²) in [6, 6.07) is 0. The molecule has 0 fully saturated rings. The van der Waals surface area contributed by atoms with Gasteiger partial charge < -0.3 is 14.2 Å². The Bertz CT molecular complexity index is 1650. The van der Waals surface area contributed by atoms with E-state index in [1.165, 1.54) is 122 Å². The van der Waals surface area contributed by atoms with Gasteiger partial charge in [-0.3, -0.25) is 14.4 Å². The molecular weight excluding hydrogens is 985 g/mol. The number of carbonyl (C=O) groups excluding carboxylic acids is 3. The number of allylic oxidation sites excluding steroid dienone is 20. The van der Waals surface area contributed by atoms with Gasteiger partial charge in [-0.05, 0) is 122 Å². The predicted octanol–water partition coefficient (Wildman–Crippen LogP) is 23.2. The summed E-state index contributed by atoms with van der Waals surface area (Å²) in [6.07, 6.45) is 93.8. The molecule has 0 amide bonds. The lowest BCUT2D eigenvalue weighted by Gasteiger charge is -2.18. The van der Waals surface area contributed by atoms with E-state index >= 15 is 0 Å². The van der Waals surface area contributed by atoms with Crippen LogP contribution in [0.3, 0.4) is 0 Å². The molecule has 0 heterocycles. The van der Waals surface area contributed by atoms with Gasteiger partial charge in [-0.1, -0.05) is 290 Å². The first-order chi connectivity index (χ1) is 39.5. The predicted molar refractivity (Wildman–Crippen MR) is 348 cm³/mol. The lowest BCUT2D eigenvalue weighted by molar-refractivity contribution is -0.167. The van der Waals surface area contributed by atoms with E-state index in [1.807, 2.05) is 0 Å². The van der Waals surface area contributed by atoms with Gasteiger partial charge in [0.05, 0.1) is 0 Å². The van der Waals surface area contributed by atoms with Crippen LogP contribution in [0.4, 0.5) is 0 Å². The van der Waals surface area contributed by atoms with Crippen LogP contribution in [0.1, 0.15) is 310 Å². The molecule has 0 N–H and O–H groups in total. The van der Waals surface area contributed by atoms with Crippen LogP contribution in [0.25, 0.3) is 0 Å². The van der Waals surface area contributed by atoms with Crippen molar-refractivity contribution in [1.82, 2.24) is 0 Å². The van der Waals surface area contributed by atoms with Crippen molar-refractivity contribution in [3.8, 4) is 0 Å². The molecule has 0 bridgehead atoms. The van der Waals surface area contributed by atoms with Crippen molar-refractivity contribution in [2.24, 2.45) is 0 Å². The van der Waals surface area contributed by atoms with E-state index in [2.05, 4.69) is 142 Å². The molecule has 0 aliphatic heterocycles. The standard InChI is InChI=1S/C74H124O6/c1-4-7-10-13-16-19-22-24-26-28-29-30-31-32-33-34-35-36-37-38-39-40-41-42-43-44-45-47-48-50-52-55-58-61-64-67-73(76)79-70-71(69-78-72(75)66-63-60-57-54-21-18-15-12-9-6-3)80-74(77)68-65-62-59-56-53-51-49-46-27-25-23-20-17-14-11-8-5-2/h7-8,10-12,15-17,19-20,24-27,29-30,32-33,49,51,71H,4-6,9,13-14,18,21-23,28,31,34-48,50,52-70H2,1-3H3/b10-7-,11-8-,15-12-,19-16-,20-17-,26-24-,27-25-,30-29-,33-32-,51-49-. The molecule has 0 saturated heterocycles. The van der Waals surface area contributed by atoms with Crippen molar-refractivity contribution in [2.45, 2.75) is 316 Å². The summed E-state index contributed by atoms with van der Waals surface area (Å²) in [7, 11) is 0. The van der Waals surface area contributed by atoms with Gasteiger partial charge in [0.15, 0.2) is 6.10 Å². The first-order valence-electron chi connectivity index (χ1n) is 33.5. The molecule has 0 spiro atoms. The highest BCUT2D eigenvalue weighted by Gasteiger charge is 2.19. The summed E-state index contributed by atoms with van der Waals surface area (Å²) in [5.41, 5.74) is 0. The molecule has 6 nitrogen and oxygen atoms in total. The lowest BCUT2D eigenvalue weighted by Crippen LogP contribution is -2.30. The maximum atomic E-state index is 12.9. The molecule has 80 heavy (non-hydrogen) atoms. The van der Waals surface area contributed by atoms with E-state index in [1.54, 1.807) is 0 Å². The van der Waals surface area contributed by atoms with Crippen LogP contribution in [-0.2, 0) is 28.6 Å². The highest BCUT2D eigenvalue weighted by atomic mass is 16.6. The largest absolute Gasteiger partial charge is 0.462 e. The normalized spacial score (nSPS) is 12.9. The van der Waals surface area contributed by atoms with Crippen molar-refractivity contribution in [1.29, 1.82) is 0 Å². The molecule has 0 aromatic carbocycles. The quantitative estimate of drug-likeness (QED) is 0.0261. The van der Waals surface area contributed by atoms with Crippen molar-refractivity contribution < 1.29 is 28.6 Å². The van der Waals surface area contributed by atoms with E-state index in [9.17, 15) is 14.4 Å². The fourth-order valence-corrected chi connectivity index (χ4v) is 9.23. The smallest absolute Gasteiger partial charge is 0.306 e. The molecule has 0 aliphatic carbocycles. The van der Waals surface area contributed by atoms with Crippen LogP contribution in [0, 0.1) is 0 Å². The van der Waals surface area contributed by atoms with Crippen molar-refractivity contribution >= 4 is 17.9 Å². The van der Waals surface area contributed by atoms with Gasteiger partial charge in [0.1, 0.15) is 13.2 Å². The Balaban J connectivity index is 4.11. The molecule has 6 heteroatoms. The molecule has 0 radical (unpaired) electrons. The second kappa shape index (κ2) is 67.3. The van der Waals surface area contributed by atoms with Crippen LogP contribution in [0.15, 0.2) is 122 Å². The van der Waals surface area contributed by atoms with E-state index in [-0.39, 0.29) is 31.1 Å². The van der Waals surface area contributed by atoms with Gasteiger partial charge in [0, 0.05) is 19.3 Å². The molecule has 0 saturated carbocycles.